The van der Waals surface area contributed by atoms with E-state index in [0.29, 0.717) is 5.92 Å². The van der Waals surface area contributed by atoms with Crippen molar-refractivity contribution in [1.29, 1.82) is 0 Å². The van der Waals surface area contributed by atoms with Crippen LogP contribution in [0, 0.1) is 5.92 Å². The van der Waals surface area contributed by atoms with Gasteiger partial charge in [0.05, 0.1) is 6.61 Å². The highest BCUT2D eigenvalue weighted by Gasteiger charge is 1.97. The van der Waals surface area contributed by atoms with E-state index >= 15 is 0 Å². The predicted molar refractivity (Wildman–Crippen MR) is 77.0 cm³/mol. The number of allylic oxidation sites excluding steroid dienone is 7. The normalized spacial score (nSPS) is 15.4. The quantitative estimate of drug-likeness (QED) is 0.487. The maximum atomic E-state index is 8.85. The fraction of sp³-hybridized carbons (Fsp3) is 0.500. The molecule has 1 atom stereocenters. The number of rotatable bonds is 8. The van der Waals surface area contributed by atoms with E-state index in [1.54, 1.807) is 0 Å². The van der Waals surface area contributed by atoms with Gasteiger partial charge in [0.25, 0.3) is 0 Å². The third-order valence-electron chi connectivity index (χ3n) is 2.60. The van der Waals surface area contributed by atoms with Gasteiger partial charge in [0.1, 0.15) is 0 Å². The Hall–Kier alpha value is -1.08. The van der Waals surface area contributed by atoms with E-state index in [-0.39, 0.29) is 6.61 Å². The van der Waals surface area contributed by atoms with Gasteiger partial charge in [-0.15, -0.1) is 0 Å². The highest BCUT2D eigenvalue weighted by atomic mass is 16.3. The Labute approximate surface area is 106 Å². The van der Waals surface area contributed by atoms with Crippen LogP contribution >= 0.6 is 0 Å². The first kappa shape index (κ1) is 15.9. The molecule has 0 aromatic carbocycles. The molecule has 96 valence electrons. The van der Waals surface area contributed by atoms with Crippen LogP contribution < -0.4 is 0 Å². The minimum absolute atomic E-state index is 0.185. The van der Waals surface area contributed by atoms with Crippen molar-refractivity contribution in [2.45, 2.75) is 40.0 Å². The van der Waals surface area contributed by atoms with Gasteiger partial charge in [-0.3, -0.25) is 0 Å². The minimum atomic E-state index is 0.185. The van der Waals surface area contributed by atoms with E-state index in [9.17, 15) is 0 Å². The van der Waals surface area contributed by atoms with E-state index in [2.05, 4.69) is 31.2 Å². The molecule has 0 saturated carbocycles. The van der Waals surface area contributed by atoms with Crippen LogP contribution in [0.2, 0.25) is 0 Å². The van der Waals surface area contributed by atoms with Crippen LogP contribution in [0.3, 0.4) is 0 Å². The molecule has 0 rings (SSSR count). The van der Waals surface area contributed by atoms with Crippen LogP contribution in [-0.2, 0) is 0 Å². The Balaban J connectivity index is 3.69. The summed E-state index contributed by atoms with van der Waals surface area (Å²) in [6.07, 6.45) is 17.9. The molecular formula is C16H26O. The van der Waals surface area contributed by atoms with Gasteiger partial charge in [-0.1, -0.05) is 55.0 Å². The maximum Gasteiger partial charge on any atom is 0.0639 e. The van der Waals surface area contributed by atoms with Gasteiger partial charge in [0, 0.05) is 0 Å². The maximum absolute atomic E-state index is 8.85. The molecule has 0 aliphatic carbocycles. The predicted octanol–water partition coefficient (Wildman–Crippen LogP) is 4.42. The Kier molecular flexibility index (Phi) is 10.7. The van der Waals surface area contributed by atoms with Crippen LogP contribution in [0.4, 0.5) is 0 Å². The summed E-state index contributed by atoms with van der Waals surface area (Å²) in [7, 11) is 0. The molecule has 0 heterocycles. The summed E-state index contributed by atoms with van der Waals surface area (Å²) in [5, 5.41) is 8.85. The standard InChI is InChI=1S/C16H26O/c1-4-5-6-7-8-9-11-15(2)12-10-13-16(3)14-17/h4-9,13,15,17H,10-12,14H2,1-3H3/b5-4+,7-6+,9-8+,16-13+/t15-/m0/s1. The van der Waals surface area contributed by atoms with Crippen LogP contribution in [0.15, 0.2) is 48.1 Å². The fourth-order valence-corrected chi connectivity index (χ4v) is 1.43. The summed E-state index contributed by atoms with van der Waals surface area (Å²) >= 11 is 0. The zero-order valence-corrected chi connectivity index (χ0v) is 11.4. The lowest BCUT2D eigenvalue weighted by atomic mass is 10.0. The smallest absolute Gasteiger partial charge is 0.0639 e. The molecule has 0 aliphatic rings. The summed E-state index contributed by atoms with van der Waals surface area (Å²) in [5.41, 5.74) is 1.07. The number of aliphatic hydroxyl groups excluding tert-OH is 1. The second-order valence-electron chi connectivity index (χ2n) is 4.47. The van der Waals surface area contributed by atoms with E-state index in [0.717, 1.165) is 18.4 Å². The third-order valence-corrected chi connectivity index (χ3v) is 2.60. The molecule has 0 spiro atoms. The van der Waals surface area contributed by atoms with Crippen molar-refractivity contribution in [3.05, 3.63) is 48.1 Å². The summed E-state index contributed by atoms with van der Waals surface area (Å²) in [5.74, 6) is 0.698. The number of hydrogen-bond donors (Lipinski definition) is 1. The van der Waals surface area contributed by atoms with Crippen LogP contribution in [0.5, 0.6) is 0 Å². The Morgan fingerprint density at radius 1 is 1.18 bits per heavy atom. The summed E-state index contributed by atoms with van der Waals surface area (Å²) in [4.78, 5) is 0. The first-order valence-electron chi connectivity index (χ1n) is 6.41. The van der Waals surface area contributed by atoms with Crippen molar-refractivity contribution in [2.75, 3.05) is 6.61 Å². The molecule has 0 unspecified atom stereocenters. The van der Waals surface area contributed by atoms with E-state index in [1.807, 2.05) is 32.1 Å². The Bertz CT molecular complexity index is 282. The molecule has 0 fully saturated rings. The summed E-state index contributed by atoms with van der Waals surface area (Å²) in [6, 6.07) is 0. The van der Waals surface area contributed by atoms with Crippen molar-refractivity contribution in [1.82, 2.24) is 0 Å². The average Bonchev–Trinajstić information content (AvgIpc) is 2.33. The third kappa shape index (κ3) is 11.2. The molecule has 0 bridgehead atoms. The van der Waals surface area contributed by atoms with Crippen molar-refractivity contribution < 1.29 is 5.11 Å². The van der Waals surface area contributed by atoms with Crippen molar-refractivity contribution >= 4 is 0 Å². The largest absolute Gasteiger partial charge is 0.392 e. The molecule has 1 N–H and O–H groups in total. The van der Waals surface area contributed by atoms with Crippen molar-refractivity contribution in [2.24, 2.45) is 5.92 Å². The van der Waals surface area contributed by atoms with E-state index < -0.39 is 0 Å². The van der Waals surface area contributed by atoms with Gasteiger partial charge >= 0.3 is 0 Å². The zero-order chi connectivity index (χ0) is 12.9. The molecule has 0 aromatic heterocycles. The molecule has 0 aliphatic heterocycles. The monoisotopic (exact) mass is 234 g/mol. The number of hydrogen-bond acceptors (Lipinski definition) is 1. The topological polar surface area (TPSA) is 20.2 Å². The first-order valence-corrected chi connectivity index (χ1v) is 6.41. The summed E-state index contributed by atoms with van der Waals surface area (Å²) < 4.78 is 0. The van der Waals surface area contributed by atoms with Crippen LogP contribution in [0.25, 0.3) is 0 Å². The van der Waals surface area contributed by atoms with Gasteiger partial charge in [0.15, 0.2) is 0 Å². The molecule has 17 heavy (non-hydrogen) atoms. The van der Waals surface area contributed by atoms with Gasteiger partial charge in [-0.25, -0.2) is 0 Å². The fourth-order valence-electron chi connectivity index (χ4n) is 1.43. The molecule has 1 nitrogen and oxygen atoms in total. The average molecular weight is 234 g/mol. The van der Waals surface area contributed by atoms with Gasteiger partial charge in [0.2, 0.25) is 0 Å². The molecule has 0 saturated heterocycles. The minimum Gasteiger partial charge on any atom is -0.392 e. The van der Waals surface area contributed by atoms with Gasteiger partial charge in [-0.05, 0) is 39.0 Å². The summed E-state index contributed by atoms with van der Waals surface area (Å²) in [6.45, 7) is 6.43. The highest BCUT2D eigenvalue weighted by molar-refractivity contribution is 5.10. The first-order chi connectivity index (χ1) is 8.20. The zero-order valence-electron chi connectivity index (χ0n) is 11.4. The molecule has 1 heteroatoms. The molecule has 0 radical (unpaired) electrons. The Morgan fingerprint density at radius 2 is 1.88 bits per heavy atom. The van der Waals surface area contributed by atoms with Crippen LogP contribution in [-0.4, -0.2) is 11.7 Å². The molecular weight excluding hydrogens is 208 g/mol. The Morgan fingerprint density at radius 3 is 2.53 bits per heavy atom. The van der Waals surface area contributed by atoms with Crippen LogP contribution in [0.1, 0.15) is 40.0 Å². The molecule has 0 amide bonds. The lowest BCUT2D eigenvalue weighted by Gasteiger charge is -2.06. The van der Waals surface area contributed by atoms with Gasteiger partial charge in [-0.2, -0.15) is 0 Å². The second kappa shape index (κ2) is 11.4. The van der Waals surface area contributed by atoms with E-state index in [4.69, 9.17) is 5.11 Å². The number of aliphatic hydroxyl groups is 1. The van der Waals surface area contributed by atoms with Crippen molar-refractivity contribution in [3.8, 4) is 0 Å². The second-order valence-corrected chi connectivity index (χ2v) is 4.47. The lowest BCUT2D eigenvalue weighted by Crippen LogP contribution is -1.92. The molecule has 0 aromatic rings. The highest BCUT2D eigenvalue weighted by Crippen LogP contribution is 2.12. The SMILES string of the molecule is C/C=C/C=C/C=C/C[C@H](C)CC/C=C(\C)CO. The van der Waals surface area contributed by atoms with E-state index in [1.165, 1.54) is 6.42 Å². The lowest BCUT2D eigenvalue weighted by molar-refractivity contribution is 0.330. The van der Waals surface area contributed by atoms with Gasteiger partial charge < -0.3 is 5.11 Å². The van der Waals surface area contributed by atoms with Crippen molar-refractivity contribution in [3.63, 3.8) is 0 Å².